The molecule has 0 amide bonds. The first kappa shape index (κ1) is 15.9. The Labute approximate surface area is 118 Å². The minimum Gasteiger partial charge on any atom is -0.318 e. The normalized spacial score (nSPS) is 13.9. The molecule has 2 nitrogen and oxygen atoms in total. The van der Waals surface area contributed by atoms with E-state index < -0.39 is 0 Å². The Balaban J connectivity index is 2.51. The summed E-state index contributed by atoms with van der Waals surface area (Å²) in [6, 6.07) is 9.00. The smallest absolute Gasteiger partial charge is 0.0510 e. The molecule has 0 heterocycles. The Kier molecular flexibility index (Phi) is 6.23. The quantitative estimate of drug-likeness (QED) is 0.615. The summed E-state index contributed by atoms with van der Waals surface area (Å²) in [5.41, 5.74) is 3.02. The van der Waals surface area contributed by atoms with Crippen LogP contribution in [0.4, 0.5) is 0 Å². The second kappa shape index (κ2) is 7.44. The molecule has 0 bridgehead atoms. The zero-order valence-electron chi connectivity index (χ0n) is 13.0. The minimum absolute atomic E-state index is 0.235. The molecule has 1 unspecified atom stereocenters. The molecule has 1 rings (SSSR count). The lowest BCUT2D eigenvalue weighted by atomic mass is 9.86. The molecule has 1 N–H and O–H groups in total. The van der Waals surface area contributed by atoms with Crippen LogP contribution in [0.1, 0.15) is 38.8 Å². The molecule has 0 aliphatic carbocycles. The van der Waals surface area contributed by atoms with Crippen molar-refractivity contribution in [1.29, 1.82) is 0 Å². The van der Waals surface area contributed by atoms with E-state index in [4.69, 9.17) is 0 Å². The third-order valence-electron chi connectivity index (χ3n) is 3.23. The van der Waals surface area contributed by atoms with Crippen LogP contribution in [0.2, 0.25) is 0 Å². The van der Waals surface area contributed by atoms with Gasteiger partial charge in [-0.2, -0.15) is 0 Å². The standard InChI is InChI=1S/C17H28N2/c1-14(13-19-11-10-18-5)12-15-6-8-16(9-7-15)17(2,3)4/h6-9,13-14,18H,10-12H2,1-5H3. The van der Waals surface area contributed by atoms with Gasteiger partial charge in [0.05, 0.1) is 6.54 Å². The highest BCUT2D eigenvalue weighted by molar-refractivity contribution is 5.60. The first-order valence-corrected chi connectivity index (χ1v) is 7.17. The van der Waals surface area contributed by atoms with Crippen molar-refractivity contribution >= 4 is 6.21 Å². The Morgan fingerprint density at radius 1 is 1.21 bits per heavy atom. The number of nitrogens with one attached hydrogen (secondary N) is 1. The fourth-order valence-corrected chi connectivity index (χ4v) is 2.00. The van der Waals surface area contributed by atoms with Gasteiger partial charge in [0.2, 0.25) is 0 Å². The second-order valence-corrected chi connectivity index (χ2v) is 6.29. The van der Waals surface area contributed by atoms with E-state index in [0.29, 0.717) is 5.92 Å². The van der Waals surface area contributed by atoms with Gasteiger partial charge in [-0.15, -0.1) is 0 Å². The second-order valence-electron chi connectivity index (χ2n) is 6.29. The highest BCUT2D eigenvalue weighted by atomic mass is 14.9. The molecule has 19 heavy (non-hydrogen) atoms. The van der Waals surface area contributed by atoms with E-state index >= 15 is 0 Å². The molecule has 0 fully saturated rings. The van der Waals surface area contributed by atoms with Crippen LogP contribution >= 0.6 is 0 Å². The fraction of sp³-hybridized carbons (Fsp3) is 0.588. The molecular formula is C17H28N2. The van der Waals surface area contributed by atoms with Crippen LogP contribution in [0, 0.1) is 5.92 Å². The maximum atomic E-state index is 4.43. The van der Waals surface area contributed by atoms with Gasteiger partial charge in [0.1, 0.15) is 0 Å². The molecular weight excluding hydrogens is 232 g/mol. The number of likely N-dealkylation sites (N-methyl/N-ethyl adjacent to an activating group) is 1. The Morgan fingerprint density at radius 2 is 1.84 bits per heavy atom. The van der Waals surface area contributed by atoms with Crippen LogP contribution in [0.25, 0.3) is 0 Å². The Bertz CT molecular complexity index is 385. The lowest BCUT2D eigenvalue weighted by Crippen LogP contribution is -2.12. The van der Waals surface area contributed by atoms with Crippen LogP contribution in [0.3, 0.4) is 0 Å². The van der Waals surface area contributed by atoms with Crippen molar-refractivity contribution in [3.8, 4) is 0 Å². The number of hydrogen-bond acceptors (Lipinski definition) is 2. The number of nitrogens with zero attached hydrogens (tertiary/aromatic N) is 1. The first-order valence-electron chi connectivity index (χ1n) is 7.17. The summed E-state index contributed by atoms with van der Waals surface area (Å²) in [6.07, 6.45) is 3.14. The SMILES string of the molecule is CNCCN=CC(C)Cc1ccc(C(C)(C)C)cc1. The van der Waals surface area contributed by atoms with Crippen molar-refractivity contribution < 1.29 is 0 Å². The Morgan fingerprint density at radius 3 is 2.37 bits per heavy atom. The molecule has 0 spiro atoms. The zero-order valence-corrected chi connectivity index (χ0v) is 13.0. The summed E-state index contributed by atoms with van der Waals surface area (Å²) in [6.45, 7) is 10.8. The van der Waals surface area contributed by atoms with Crippen molar-refractivity contribution in [3.05, 3.63) is 35.4 Å². The van der Waals surface area contributed by atoms with Gasteiger partial charge in [0.25, 0.3) is 0 Å². The van der Waals surface area contributed by atoms with E-state index in [1.807, 2.05) is 7.05 Å². The Hall–Kier alpha value is -1.15. The van der Waals surface area contributed by atoms with E-state index in [1.165, 1.54) is 11.1 Å². The highest BCUT2D eigenvalue weighted by Crippen LogP contribution is 2.22. The fourth-order valence-electron chi connectivity index (χ4n) is 2.00. The molecule has 0 aliphatic rings. The maximum absolute atomic E-state index is 4.43. The summed E-state index contributed by atoms with van der Waals surface area (Å²) < 4.78 is 0. The topological polar surface area (TPSA) is 24.4 Å². The minimum atomic E-state index is 0.235. The van der Waals surface area contributed by atoms with Gasteiger partial charge >= 0.3 is 0 Å². The van der Waals surface area contributed by atoms with Gasteiger partial charge in [-0.05, 0) is 35.9 Å². The lowest BCUT2D eigenvalue weighted by Gasteiger charge is -2.19. The number of hydrogen-bond donors (Lipinski definition) is 1. The number of benzene rings is 1. The van der Waals surface area contributed by atoms with Crippen LogP contribution in [0.5, 0.6) is 0 Å². The molecule has 1 aromatic carbocycles. The van der Waals surface area contributed by atoms with Crippen molar-refractivity contribution in [2.24, 2.45) is 10.9 Å². The van der Waals surface area contributed by atoms with Crippen molar-refractivity contribution in [2.45, 2.75) is 39.5 Å². The number of rotatable bonds is 6. The molecule has 106 valence electrons. The van der Waals surface area contributed by atoms with Crippen molar-refractivity contribution in [2.75, 3.05) is 20.1 Å². The van der Waals surface area contributed by atoms with Gasteiger partial charge in [-0.1, -0.05) is 52.0 Å². The van der Waals surface area contributed by atoms with Crippen LogP contribution in [-0.4, -0.2) is 26.4 Å². The summed E-state index contributed by atoms with van der Waals surface area (Å²) in [5.74, 6) is 0.498. The van der Waals surface area contributed by atoms with Gasteiger partial charge in [0, 0.05) is 12.8 Å². The van der Waals surface area contributed by atoms with E-state index in [1.54, 1.807) is 0 Å². The summed E-state index contributed by atoms with van der Waals surface area (Å²) >= 11 is 0. The monoisotopic (exact) mass is 260 g/mol. The molecule has 0 saturated carbocycles. The molecule has 0 saturated heterocycles. The molecule has 0 radical (unpaired) electrons. The van der Waals surface area contributed by atoms with Crippen LogP contribution in [-0.2, 0) is 11.8 Å². The number of aliphatic imine (C=N–C) groups is 1. The van der Waals surface area contributed by atoms with Crippen LogP contribution < -0.4 is 5.32 Å². The van der Waals surface area contributed by atoms with Gasteiger partial charge in [-0.3, -0.25) is 4.99 Å². The van der Waals surface area contributed by atoms with Crippen molar-refractivity contribution in [3.63, 3.8) is 0 Å². The largest absolute Gasteiger partial charge is 0.318 e. The average molecular weight is 260 g/mol. The van der Waals surface area contributed by atoms with E-state index in [2.05, 4.69) is 68.5 Å². The van der Waals surface area contributed by atoms with E-state index in [-0.39, 0.29) is 5.41 Å². The van der Waals surface area contributed by atoms with Crippen molar-refractivity contribution in [1.82, 2.24) is 5.32 Å². The predicted molar refractivity (Wildman–Crippen MR) is 85.3 cm³/mol. The summed E-state index contributed by atoms with van der Waals surface area (Å²) in [4.78, 5) is 4.43. The van der Waals surface area contributed by atoms with Crippen LogP contribution in [0.15, 0.2) is 29.3 Å². The lowest BCUT2D eigenvalue weighted by molar-refractivity contribution is 0.589. The van der Waals surface area contributed by atoms with E-state index in [0.717, 1.165) is 19.5 Å². The average Bonchev–Trinajstić information content (AvgIpc) is 2.34. The highest BCUT2D eigenvalue weighted by Gasteiger charge is 2.12. The third kappa shape index (κ3) is 6.02. The van der Waals surface area contributed by atoms with Gasteiger partial charge < -0.3 is 5.32 Å². The molecule has 0 aromatic heterocycles. The summed E-state index contributed by atoms with van der Waals surface area (Å²) in [7, 11) is 1.95. The molecule has 1 atom stereocenters. The molecule has 1 aromatic rings. The predicted octanol–water partition coefficient (Wildman–Crippen LogP) is 3.45. The first-order chi connectivity index (χ1) is 8.93. The molecule has 0 aliphatic heterocycles. The maximum Gasteiger partial charge on any atom is 0.0510 e. The zero-order chi connectivity index (χ0) is 14.3. The molecule has 2 heteroatoms. The van der Waals surface area contributed by atoms with E-state index in [9.17, 15) is 0 Å². The summed E-state index contributed by atoms with van der Waals surface area (Å²) in [5, 5.41) is 3.10. The third-order valence-corrected chi connectivity index (χ3v) is 3.23. The van der Waals surface area contributed by atoms with Gasteiger partial charge in [0.15, 0.2) is 0 Å². The van der Waals surface area contributed by atoms with Gasteiger partial charge in [-0.25, -0.2) is 0 Å².